The number of piperidine rings is 1. The van der Waals surface area contributed by atoms with E-state index in [1.807, 2.05) is 11.0 Å². The smallest absolute Gasteiger partial charge is 0.263 e. The minimum Gasteiger partial charge on any atom is -0.338 e. The van der Waals surface area contributed by atoms with Crippen molar-refractivity contribution in [2.75, 3.05) is 19.6 Å². The van der Waals surface area contributed by atoms with Crippen molar-refractivity contribution in [3.63, 3.8) is 0 Å². The van der Waals surface area contributed by atoms with Crippen LogP contribution in [-0.4, -0.2) is 30.4 Å². The molecule has 1 saturated heterocycles. The lowest BCUT2D eigenvalue weighted by molar-refractivity contribution is 0.0698. The van der Waals surface area contributed by atoms with Gasteiger partial charge in [0.25, 0.3) is 5.91 Å². The third kappa shape index (κ3) is 2.55. The molecule has 2 aromatic rings. The van der Waals surface area contributed by atoms with E-state index in [4.69, 9.17) is 5.73 Å². The van der Waals surface area contributed by atoms with E-state index in [1.165, 1.54) is 23.5 Å². The summed E-state index contributed by atoms with van der Waals surface area (Å²) in [5, 5.41) is 0.927. The highest BCUT2D eigenvalue weighted by Crippen LogP contribution is 2.28. The molecule has 0 unspecified atom stereocenters. The van der Waals surface area contributed by atoms with Gasteiger partial charge >= 0.3 is 0 Å². The molecule has 3 nitrogen and oxygen atoms in total. The maximum atomic E-state index is 13.2. The average Bonchev–Trinajstić information content (AvgIpc) is 2.89. The minimum absolute atomic E-state index is 0.0575. The lowest BCUT2D eigenvalue weighted by Crippen LogP contribution is -2.39. The molecule has 106 valence electrons. The Kier molecular flexibility index (Phi) is 3.72. The van der Waals surface area contributed by atoms with Gasteiger partial charge in [0.1, 0.15) is 5.82 Å². The van der Waals surface area contributed by atoms with Gasteiger partial charge in [-0.1, -0.05) is 6.07 Å². The van der Waals surface area contributed by atoms with Crippen LogP contribution in [0.25, 0.3) is 10.1 Å². The molecule has 1 fully saturated rings. The zero-order valence-corrected chi connectivity index (χ0v) is 12.0. The summed E-state index contributed by atoms with van der Waals surface area (Å²) in [7, 11) is 0. The van der Waals surface area contributed by atoms with Crippen LogP contribution in [0.3, 0.4) is 0 Å². The first-order valence-electron chi connectivity index (χ1n) is 6.86. The van der Waals surface area contributed by atoms with Crippen LogP contribution in [0.5, 0.6) is 0 Å². The zero-order valence-electron chi connectivity index (χ0n) is 11.1. The number of carbonyl (C=O) groups is 1. The van der Waals surface area contributed by atoms with E-state index in [1.54, 1.807) is 6.07 Å². The fraction of sp³-hybridized carbons (Fsp3) is 0.400. The molecule has 0 spiro atoms. The molecule has 0 aliphatic carbocycles. The van der Waals surface area contributed by atoms with Gasteiger partial charge < -0.3 is 10.6 Å². The van der Waals surface area contributed by atoms with E-state index >= 15 is 0 Å². The van der Waals surface area contributed by atoms with Crippen LogP contribution < -0.4 is 5.73 Å². The van der Waals surface area contributed by atoms with Gasteiger partial charge in [-0.05, 0) is 48.9 Å². The van der Waals surface area contributed by atoms with E-state index in [2.05, 4.69) is 0 Å². The molecule has 2 heterocycles. The van der Waals surface area contributed by atoms with Crippen LogP contribution in [0.2, 0.25) is 0 Å². The summed E-state index contributed by atoms with van der Waals surface area (Å²) in [6, 6.07) is 6.49. The Hall–Kier alpha value is -1.46. The molecule has 1 aromatic carbocycles. The van der Waals surface area contributed by atoms with Crippen molar-refractivity contribution in [1.29, 1.82) is 0 Å². The SMILES string of the molecule is NCC1CCN(C(=O)c2cc3ccc(F)cc3s2)CC1. The predicted octanol–water partition coefficient (Wildman–Crippen LogP) is 2.85. The number of carbonyl (C=O) groups excluding carboxylic acids is 1. The van der Waals surface area contributed by atoms with Crippen molar-refractivity contribution in [2.45, 2.75) is 12.8 Å². The quantitative estimate of drug-likeness (QED) is 0.925. The number of fused-ring (bicyclic) bond motifs is 1. The van der Waals surface area contributed by atoms with Crippen molar-refractivity contribution >= 4 is 27.3 Å². The highest BCUT2D eigenvalue weighted by atomic mass is 32.1. The number of likely N-dealkylation sites (tertiary alicyclic amines) is 1. The third-order valence-electron chi connectivity index (χ3n) is 3.93. The van der Waals surface area contributed by atoms with Gasteiger partial charge in [-0.25, -0.2) is 4.39 Å². The van der Waals surface area contributed by atoms with E-state index in [0.29, 0.717) is 17.3 Å². The number of hydrogen-bond acceptors (Lipinski definition) is 3. The molecule has 0 atom stereocenters. The Morgan fingerprint density at radius 1 is 1.35 bits per heavy atom. The Morgan fingerprint density at radius 2 is 2.10 bits per heavy atom. The number of rotatable bonds is 2. The summed E-state index contributed by atoms with van der Waals surface area (Å²) in [4.78, 5) is 15.0. The summed E-state index contributed by atoms with van der Waals surface area (Å²) in [6.45, 7) is 2.23. The van der Waals surface area contributed by atoms with E-state index in [0.717, 1.165) is 36.0 Å². The van der Waals surface area contributed by atoms with Crippen molar-refractivity contribution in [2.24, 2.45) is 11.7 Å². The molecule has 5 heteroatoms. The molecule has 20 heavy (non-hydrogen) atoms. The van der Waals surface area contributed by atoms with Crippen LogP contribution in [0.4, 0.5) is 4.39 Å². The molecule has 2 N–H and O–H groups in total. The van der Waals surface area contributed by atoms with Gasteiger partial charge in [0.05, 0.1) is 4.88 Å². The summed E-state index contributed by atoms with van der Waals surface area (Å²) in [5.41, 5.74) is 5.66. The number of nitrogens with zero attached hydrogens (tertiary/aromatic N) is 1. The van der Waals surface area contributed by atoms with Crippen LogP contribution in [0.1, 0.15) is 22.5 Å². The number of amides is 1. The molecular weight excluding hydrogens is 275 g/mol. The normalized spacial score (nSPS) is 16.8. The van der Waals surface area contributed by atoms with Crippen molar-refractivity contribution in [3.05, 3.63) is 35.0 Å². The van der Waals surface area contributed by atoms with Gasteiger partial charge in [0.2, 0.25) is 0 Å². The number of halogens is 1. The van der Waals surface area contributed by atoms with Gasteiger partial charge in [-0.2, -0.15) is 0 Å². The summed E-state index contributed by atoms with van der Waals surface area (Å²) in [5.74, 6) is 0.333. The molecule has 3 rings (SSSR count). The fourth-order valence-corrected chi connectivity index (χ4v) is 3.69. The third-order valence-corrected chi connectivity index (χ3v) is 5.01. The second-order valence-electron chi connectivity index (χ2n) is 5.26. The second-order valence-corrected chi connectivity index (χ2v) is 6.35. The van der Waals surface area contributed by atoms with Crippen molar-refractivity contribution in [1.82, 2.24) is 4.90 Å². The van der Waals surface area contributed by atoms with Gasteiger partial charge in [0.15, 0.2) is 0 Å². The van der Waals surface area contributed by atoms with Crippen molar-refractivity contribution in [3.8, 4) is 0 Å². The van der Waals surface area contributed by atoms with E-state index in [-0.39, 0.29) is 11.7 Å². The summed E-state index contributed by atoms with van der Waals surface area (Å²) < 4.78 is 14.0. The Labute approximate surface area is 121 Å². The number of benzene rings is 1. The molecule has 1 aliphatic rings. The molecule has 0 saturated carbocycles. The topological polar surface area (TPSA) is 46.3 Å². The lowest BCUT2D eigenvalue weighted by atomic mass is 9.97. The molecule has 1 aromatic heterocycles. The first-order chi connectivity index (χ1) is 9.67. The average molecular weight is 292 g/mol. The highest BCUT2D eigenvalue weighted by molar-refractivity contribution is 7.20. The van der Waals surface area contributed by atoms with E-state index < -0.39 is 0 Å². The monoisotopic (exact) mass is 292 g/mol. The zero-order chi connectivity index (χ0) is 14.1. The number of nitrogens with two attached hydrogens (primary N) is 1. The highest BCUT2D eigenvalue weighted by Gasteiger charge is 2.24. The van der Waals surface area contributed by atoms with E-state index in [9.17, 15) is 9.18 Å². The first-order valence-corrected chi connectivity index (χ1v) is 7.67. The van der Waals surface area contributed by atoms with Gasteiger partial charge in [-0.3, -0.25) is 4.79 Å². The van der Waals surface area contributed by atoms with Crippen molar-refractivity contribution < 1.29 is 9.18 Å². The summed E-state index contributed by atoms with van der Waals surface area (Å²) >= 11 is 1.36. The Bertz CT molecular complexity index is 632. The maximum Gasteiger partial charge on any atom is 0.263 e. The van der Waals surface area contributed by atoms with Crippen LogP contribution in [0, 0.1) is 11.7 Å². The lowest BCUT2D eigenvalue weighted by Gasteiger charge is -2.31. The summed E-state index contributed by atoms with van der Waals surface area (Å²) in [6.07, 6.45) is 1.95. The second kappa shape index (κ2) is 5.50. The molecule has 1 amide bonds. The molecule has 1 aliphatic heterocycles. The van der Waals surface area contributed by atoms with Gasteiger partial charge in [-0.15, -0.1) is 11.3 Å². The number of thiophene rings is 1. The molecule has 0 radical (unpaired) electrons. The van der Waals surface area contributed by atoms with Crippen LogP contribution in [0.15, 0.2) is 24.3 Å². The first kappa shape index (κ1) is 13.5. The minimum atomic E-state index is -0.262. The Morgan fingerprint density at radius 3 is 2.80 bits per heavy atom. The van der Waals surface area contributed by atoms with Crippen LogP contribution in [-0.2, 0) is 0 Å². The standard InChI is InChI=1S/C15H17FN2OS/c16-12-2-1-11-7-14(20-13(11)8-12)15(19)18-5-3-10(9-17)4-6-18/h1-2,7-8,10H,3-6,9,17H2. The molecular formula is C15H17FN2OS. The molecule has 0 bridgehead atoms. The fourth-order valence-electron chi connectivity index (χ4n) is 2.64. The number of hydrogen-bond donors (Lipinski definition) is 1. The van der Waals surface area contributed by atoms with Gasteiger partial charge in [0, 0.05) is 17.8 Å². The largest absolute Gasteiger partial charge is 0.338 e. The maximum absolute atomic E-state index is 13.2. The Balaban J connectivity index is 1.79. The van der Waals surface area contributed by atoms with Crippen LogP contribution >= 0.6 is 11.3 Å². The predicted molar refractivity (Wildman–Crippen MR) is 79.5 cm³/mol.